The Labute approximate surface area is 88.7 Å². The Morgan fingerprint density at radius 2 is 2.20 bits per heavy atom. The molecule has 15 heavy (non-hydrogen) atoms. The van der Waals surface area contributed by atoms with Gasteiger partial charge in [0.15, 0.2) is 5.75 Å². The fourth-order valence-electron chi connectivity index (χ4n) is 1.41. The Morgan fingerprint density at radius 1 is 1.60 bits per heavy atom. The lowest BCUT2D eigenvalue weighted by Crippen LogP contribution is -2.17. The van der Waals surface area contributed by atoms with Crippen LogP contribution in [0.3, 0.4) is 0 Å². The van der Waals surface area contributed by atoms with Crippen molar-refractivity contribution in [2.45, 2.75) is 33.3 Å². The van der Waals surface area contributed by atoms with E-state index in [-0.39, 0.29) is 12.5 Å². The highest BCUT2D eigenvalue weighted by Crippen LogP contribution is 2.23. The van der Waals surface area contributed by atoms with E-state index in [9.17, 15) is 4.79 Å². The molecule has 84 valence electrons. The Balaban J connectivity index is 2.76. The molecule has 0 amide bonds. The first-order valence-corrected chi connectivity index (χ1v) is 4.80. The maximum Gasteiger partial charge on any atom is 0.307 e. The normalized spacial score (nSPS) is 12.5. The van der Waals surface area contributed by atoms with Crippen molar-refractivity contribution in [2.24, 2.45) is 7.05 Å². The van der Waals surface area contributed by atoms with Crippen LogP contribution < -0.4 is 4.74 Å². The fraction of sp³-hybridized carbons (Fsp3) is 0.600. The molecule has 1 heterocycles. The number of carboxylic acids is 1. The van der Waals surface area contributed by atoms with Crippen molar-refractivity contribution < 1.29 is 14.6 Å². The van der Waals surface area contributed by atoms with E-state index in [2.05, 4.69) is 5.10 Å². The monoisotopic (exact) mass is 212 g/mol. The van der Waals surface area contributed by atoms with Crippen LogP contribution in [0.25, 0.3) is 0 Å². The Kier molecular flexibility index (Phi) is 3.34. The lowest BCUT2D eigenvalue weighted by molar-refractivity contribution is -0.138. The summed E-state index contributed by atoms with van der Waals surface area (Å²) in [5.74, 6) is -0.173. The van der Waals surface area contributed by atoms with Crippen LogP contribution in [0.15, 0.2) is 0 Å². The molecule has 0 saturated heterocycles. The number of aryl methyl sites for hydroxylation is 2. The lowest BCUT2D eigenvalue weighted by Gasteiger charge is -2.12. The lowest BCUT2D eigenvalue weighted by atomic mass is 10.3. The van der Waals surface area contributed by atoms with Gasteiger partial charge >= 0.3 is 5.97 Å². The second kappa shape index (κ2) is 4.33. The average Bonchev–Trinajstić information content (AvgIpc) is 2.31. The van der Waals surface area contributed by atoms with Gasteiger partial charge in [-0.3, -0.25) is 9.48 Å². The van der Waals surface area contributed by atoms with Gasteiger partial charge in [0.2, 0.25) is 0 Å². The van der Waals surface area contributed by atoms with Crippen molar-refractivity contribution in [1.29, 1.82) is 0 Å². The van der Waals surface area contributed by atoms with Crippen LogP contribution in [0, 0.1) is 13.8 Å². The summed E-state index contributed by atoms with van der Waals surface area (Å²) < 4.78 is 7.26. The molecule has 0 radical (unpaired) electrons. The number of rotatable bonds is 4. The van der Waals surface area contributed by atoms with Crippen LogP contribution in [0.2, 0.25) is 0 Å². The number of nitrogens with zero attached hydrogens (tertiary/aromatic N) is 2. The zero-order valence-corrected chi connectivity index (χ0v) is 9.44. The molecule has 0 saturated carbocycles. The first-order chi connectivity index (χ1) is 6.91. The van der Waals surface area contributed by atoms with Gasteiger partial charge in [0.25, 0.3) is 0 Å². The summed E-state index contributed by atoms with van der Waals surface area (Å²) in [6.45, 7) is 5.47. The molecule has 1 rings (SSSR count). The molecule has 1 atom stereocenters. The summed E-state index contributed by atoms with van der Waals surface area (Å²) in [5.41, 5.74) is 1.69. The SMILES string of the molecule is Cc1nn(C)c(C)c1O[C@H](C)CC(=O)O. The predicted molar refractivity (Wildman–Crippen MR) is 55.0 cm³/mol. The molecule has 5 heteroatoms. The van der Waals surface area contributed by atoms with Crippen molar-refractivity contribution in [2.75, 3.05) is 0 Å². The van der Waals surface area contributed by atoms with Gasteiger partial charge in [-0.15, -0.1) is 0 Å². The molecule has 0 aliphatic carbocycles. The quantitative estimate of drug-likeness (QED) is 0.816. The molecule has 0 fully saturated rings. The van der Waals surface area contributed by atoms with Gasteiger partial charge in [-0.25, -0.2) is 0 Å². The number of ether oxygens (including phenoxy) is 1. The van der Waals surface area contributed by atoms with Crippen LogP contribution >= 0.6 is 0 Å². The Morgan fingerprint density at radius 3 is 2.60 bits per heavy atom. The fourth-order valence-corrected chi connectivity index (χ4v) is 1.41. The number of aromatic nitrogens is 2. The Hall–Kier alpha value is -1.52. The van der Waals surface area contributed by atoms with E-state index in [1.165, 1.54) is 0 Å². The van der Waals surface area contributed by atoms with Crippen LogP contribution in [0.4, 0.5) is 0 Å². The van der Waals surface area contributed by atoms with Gasteiger partial charge in [-0.2, -0.15) is 5.10 Å². The average molecular weight is 212 g/mol. The number of hydrogen-bond donors (Lipinski definition) is 1. The third kappa shape index (κ3) is 2.71. The van der Waals surface area contributed by atoms with E-state index in [1.54, 1.807) is 11.6 Å². The van der Waals surface area contributed by atoms with Crippen molar-refractivity contribution in [3.8, 4) is 5.75 Å². The minimum Gasteiger partial charge on any atom is -0.486 e. The van der Waals surface area contributed by atoms with E-state index in [0.717, 1.165) is 11.4 Å². The second-order valence-corrected chi connectivity index (χ2v) is 3.65. The minimum absolute atomic E-state index is 0.00618. The highest BCUT2D eigenvalue weighted by Gasteiger charge is 2.15. The third-order valence-electron chi connectivity index (χ3n) is 2.22. The van der Waals surface area contributed by atoms with Crippen molar-refractivity contribution in [1.82, 2.24) is 9.78 Å². The molecule has 0 bridgehead atoms. The second-order valence-electron chi connectivity index (χ2n) is 3.65. The van der Waals surface area contributed by atoms with E-state index < -0.39 is 5.97 Å². The van der Waals surface area contributed by atoms with Crippen LogP contribution in [0.1, 0.15) is 24.7 Å². The summed E-state index contributed by atoms with van der Waals surface area (Å²) in [4.78, 5) is 10.5. The molecule has 1 N–H and O–H groups in total. The zero-order valence-electron chi connectivity index (χ0n) is 9.44. The standard InChI is InChI=1S/C10H16N2O3/c1-6(5-9(13)14)15-10-7(2)11-12(4)8(10)3/h6H,5H2,1-4H3,(H,13,14)/t6-/m1/s1. The van der Waals surface area contributed by atoms with Gasteiger partial charge in [-0.1, -0.05) is 0 Å². The molecule has 0 aliphatic heterocycles. The topological polar surface area (TPSA) is 64.4 Å². The predicted octanol–water partition coefficient (Wildman–Crippen LogP) is 1.28. The molecular weight excluding hydrogens is 196 g/mol. The maximum atomic E-state index is 10.5. The molecule has 1 aromatic heterocycles. The molecule has 5 nitrogen and oxygen atoms in total. The van der Waals surface area contributed by atoms with Crippen LogP contribution in [-0.2, 0) is 11.8 Å². The van der Waals surface area contributed by atoms with Gasteiger partial charge < -0.3 is 9.84 Å². The first-order valence-electron chi connectivity index (χ1n) is 4.80. The highest BCUT2D eigenvalue weighted by atomic mass is 16.5. The summed E-state index contributed by atoms with van der Waals surface area (Å²) in [5, 5.41) is 12.8. The van der Waals surface area contributed by atoms with Gasteiger partial charge in [0.1, 0.15) is 11.8 Å². The summed E-state index contributed by atoms with van der Waals surface area (Å²) in [6.07, 6.45) is -0.350. The summed E-state index contributed by atoms with van der Waals surface area (Å²) in [6, 6.07) is 0. The molecular formula is C10H16N2O3. The number of hydrogen-bond acceptors (Lipinski definition) is 3. The van der Waals surface area contributed by atoms with Gasteiger partial charge in [0.05, 0.1) is 12.1 Å². The van der Waals surface area contributed by atoms with E-state index >= 15 is 0 Å². The molecule has 0 spiro atoms. The number of carboxylic acid groups (broad SMARTS) is 1. The van der Waals surface area contributed by atoms with Crippen LogP contribution in [-0.4, -0.2) is 27.0 Å². The molecule has 0 aromatic carbocycles. The number of carbonyl (C=O) groups is 1. The van der Waals surface area contributed by atoms with Crippen molar-refractivity contribution in [3.63, 3.8) is 0 Å². The van der Waals surface area contributed by atoms with E-state index in [4.69, 9.17) is 9.84 Å². The zero-order chi connectivity index (χ0) is 11.6. The maximum absolute atomic E-state index is 10.5. The third-order valence-corrected chi connectivity index (χ3v) is 2.22. The largest absolute Gasteiger partial charge is 0.486 e. The van der Waals surface area contributed by atoms with Crippen LogP contribution in [0.5, 0.6) is 5.75 Å². The van der Waals surface area contributed by atoms with E-state index in [0.29, 0.717) is 5.75 Å². The molecule has 0 aliphatic rings. The van der Waals surface area contributed by atoms with Gasteiger partial charge in [-0.05, 0) is 20.8 Å². The smallest absolute Gasteiger partial charge is 0.307 e. The summed E-state index contributed by atoms with van der Waals surface area (Å²) in [7, 11) is 1.83. The summed E-state index contributed by atoms with van der Waals surface area (Å²) >= 11 is 0. The first kappa shape index (κ1) is 11.6. The Bertz CT molecular complexity index is 371. The van der Waals surface area contributed by atoms with Gasteiger partial charge in [0, 0.05) is 7.05 Å². The highest BCUT2D eigenvalue weighted by molar-refractivity contribution is 5.67. The van der Waals surface area contributed by atoms with E-state index in [1.807, 2.05) is 20.9 Å². The van der Waals surface area contributed by atoms with Crippen molar-refractivity contribution >= 4 is 5.97 Å². The molecule has 1 aromatic rings. The van der Waals surface area contributed by atoms with Crippen molar-refractivity contribution in [3.05, 3.63) is 11.4 Å². The minimum atomic E-state index is -0.860. The molecule has 0 unspecified atom stereocenters. The number of aliphatic carboxylic acids is 1.